The Morgan fingerprint density at radius 3 is 2.82 bits per heavy atom. The maximum absolute atomic E-state index is 13.6. The average molecular weight is 232 g/mol. The van der Waals surface area contributed by atoms with Crippen molar-refractivity contribution in [1.29, 1.82) is 0 Å². The summed E-state index contributed by atoms with van der Waals surface area (Å²) in [5.74, 6) is 0.0760. The van der Waals surface area contributed by atoms with Crippen LogP contribution in [0, 0.1) is 18.7 Å². The fourth-order valence-corrected chi connectivity index (χ4v) is 2.16. The number of aryl methyl sites for hydroxylation is 1. The molecule has 0 bridgehead atoms. The lowest BCUT2D eigenvalue weighted by molar-refractivity contribution is 0.102. The van der Waals surface area contributed by atoms with Crippen LogP contribution < -0.4 is 0 Å². The molecule has 0 amide bonds. The SMILES string of the molecule is Cc1ccc(F)c(C(=O)C2=CCC(C)CC2)c1. The highest BCUT2D eigenvalue weighted by Crippen LogP contribution is 2.26. The molecule has 0 saturated carbocycles. The molecule has 1 aliphatic carbocycles. The van der Waals surface area contributed by atoms with Crippen molar-refractivity contribution >= 4 is 5.78 Å². The minimum atomic E-state index is -0.417. The van der Waals surface area contributed by atoms with E-state index in [4.69, 9.17) is 0 Å². The lowest BCUT2D eigenvalue weighted by Gasteiger charge is -2.17. The van der Waals surface area contributed by atoms with Gasteiger partial charge in [-0.1, -0.05) is 24.6 Å². The fourth-order valence-electron chi connectivity index (χ4n) is 2.16. The van der Waals surface area contributed by atoms with Crippen molar-refractivity contribution in [2.45, 2.75) is 33.1 Å². The Kier molecular flexibility index (Phi) is 3.41. The molecule has 1 nitrogen and oxygen atoms in total. The van der Waals surface area contributed by atoms with E-state index in [9.17, 15) is 9.18 Å². The molecule has 0 fully saturated rings. The molecule has 1 unspecified atom stereocenters. The van der Waals surface area contributed by atoms with E-state index in [1.165, 1.54) is 6.07 Å². The number of Topliss-reactive ketones (excluding diaryl/α,β-unsaturated/α-hetero) is 1. The number of benzene rings is 1. The molecule has 1 aromatic carbocycles. The van der Waals surface area contributed by atoms with Crippen LogP contribution in [0.3, 0.4) is 0 Å². The Hall–Kier alpha value is -1.44. The molecule has 0 aliphatic heterocycles. The first kappa shape index (κ1) is 12.0. The second-order valence-electron chi connectivity index (χ2n) is 4.92. The smallest absolute Gasteiger partial charge is 0.191 e. The van der Waals surface area contributed by atoms with Crippen LogP contribution in [0.5, 0.6) is 0 Å². The molecule has 1 aliphatic rings. The summed E-state index contributed by atoms with van der Waals surface area (Å²) in [6.07, 6.45) is 4.69. The molecule has 1 atom stereocenters. The van der Waals surface area contributed by atoms with Crippen LogP contribution in [0.2, 0.25) is 0 Å². The summed E-state index contributed by atoms with van der Waals surface area (Å²) in [6, 6.07) is 4.69. The highest BCUT2D eigenvalue weighted by atomic mass is 19.1. The summed E-state index contributed by atoms with van der Waals surface area (Å²) in [7, 11) is 0. The lowest BCUT2D eigenvalue weighted by Crippen LogP contribution is -2.11. The van der Waals surface area contributed by atoms with Crippen LogP contribution in [-0.4, -0.2) is 5.78 Å². The topological polar surface area (TPSA) is 17.1 Å². The van der Waals surface area contributed by atoms with Crippen molar-refractivity contribution in [2.75, 3.05) is 0 Å². The van der Waals surface area contributed by atoms with Gasteiger partial charge in [-0.2, -0.15) is 0 Å². The van der Waals surface area contributed by atoms with Gasteiger partial charge in [0.15, 0.2) is 5.78 Å². The Labute approximate surface area is 101 Å². The number of carbonyl (C=O) groups excluding carboxylic acids is 1. The van der Waals surface area contributed by atoms with E-state index in [0.29, 0.717) is 5.92 Å². The van der Waals surface area contributed by atoms with Crippen LogP contribution in [0.15, 0.2) is 29.8 Å². The van der Waals surface area contributed by atoms with Gasteiger partial charge in [-0.15, -0.1) is 0 Å². The van der Waals surface area contributed by atoms with Crippen molar-refractivity contribution in [3.63, 3.8) is 0 Å². The summed E-state index contributed by atoms with van der Waals surface area (Å²) < 4.78 is 13.6. The number of ketones is 1. The minimum Gasteiger partial charge on any atom is -0.289 e. The zero-order valence-corrected chi connectivity index (χ0v) is 10.3. The van der Waals surface area contributed by atoms with E-state index in [-0.39, 0.29) is 11.3 Å². The van der Waals surface area contributed by atoms with Gasteiger partial charge < -0.3 is 0 Å². The molecule has 17 heavy (non-hydrogen) atoms. The zero-order valence-electron chi connectivity index (χ0n) is 10.3. The standard InChI is InChI=1S/C15H17FO/c1-10-3-6-12(7-4-10)15(17)13-9-11(2)5-8-14(13)16/h5-6,8-10H,3-4,7H2,1-2H3. The van der Waals surface area contributed by atoms with E-state index in [1.54, 1.807) is 12.1 Å². The van der Waals surface area contributed by atoms with Gasteiger partial charge in [0.25, 0.3) is 0 Å². The van der Waals surface area contributed by atoms with Gasteiger partial charge in [-0.05, 0) is 49.8 Å². The molecule has 0 heterocycles. The minimum absolute atomic E-state index is 0.141. The van der Waals surface area contributed by atoms with Gasteiger partial charge in [0, 0.05) is 0 Å². The Morgan fingerprint density at radius 2 is 2.18 bits per heavy atom. The summed E-state index contributed by atoms with van der Waals surface area (Å²) in [6.45, 7) is 4.04. The van der Waals surface area contributed by atoms with E-state index in [1.807, 2.05) is 13.0 Å². The highest BCUT2D eigenvalue weighted by molar-refractivity contribution is 6.09. The number of hydrogen-bond acceptors (Lipinski definition) is 1. The second-order valence-corrected chi connectivity index (χ2v) is 4.92. The van der Waals surface area contributed by atoms with Crippen LogP contribution in [0.25, 0.3) is 0 Å². The van der Waals surface area contributed by atoms with Crippen molar-refractivity contribution in [3.8, 4) is 0 Å². The lowest BCUT2D eigenvalue weighted by atomic mass is 9.87. The number of carbonyl (C=O) groups is 1. The van der Waals surface area contributed by atoms with Crippen molar-refractivity contribution in [3.05, 3.63) is 46.8 Å². The highest BCUT2D eigenvalue weighted by Gasteiger charge is 2.19. The first-order valence-corrected chi connectivity index (χ1v) is 6.08. The molecule has 90 valence electrons. The molecule has 0 N–H and O–H groups in total. The maximum atomic E-state index is 13.6. The third-order valence-corrected chi connectivity index (χ3v) is 3.33. The Bertz CT molecular complexity index is 474. The normalized spacial score (nSPS) is 19.9. The number of halogens is 1. The van der Waals surface area contributed by atoms with Crippen LogP contribution in [0.1, 0.15) is 42.1 Å². The molecule has 2 heteroatoms. The number of allylic oxidation sites excluding steroid dienone is 2. The molecule has 0 saturated heterocycles. The monoisotopic (exact) mass is 232 g/mol. The van der Waals surface area contributed by atoms with E-state index in [2.05, 4.69) is 6.92 Å². The molecular weight excluding hydrogens is 215 g/mol. The third kappa shape index (κ3) is 2.63. The molecule has 2 rings (SSSR count). The molecule has 0 spiro atoms. The van der Waals surface area contributed by atoms with E-state index in [0.717, 1.165) is 30.4 Å². The van der Waals surface area contributed by atoms with Crippen LogP contribution in [0.4, 0.5) is 4.39 Å². The number of hydrogen-bond donors (Lipinski definition) is 0. The van der Waals surface area contributed by atoms with Gasteiger partial charge in [0.1, 0.15) is 5.82 Å². The van der Waals surface area contributed by atoms with Gasteiger partial charge in [-0.3, -0.25) is 4.79 Å². The quantitative estimate of drug-likeness (QED) is 0.703. The Morgan fingerprint density at radius 1 is 1.41 bits per heavy atom. The largest absolute Gasteiger partial charge is 0.289 e. The van der Waals surface area contributed by atoms with Crippen molar-refractivity contribution in [2.24, 2.45) is 5.92 Å². The fraction of sp³-hybridized carbons (Fsp3) is 0.400. The second kappa shape index (κ2) is 4.82. The zero-order chi connectivity index (χ0) is 12.4. The summed E-state index contributed by atoms with van der Waals surface area (Å²) in [5.41, 5.74) is 1.90. The van der Waals surface area contributed by atoms with Gasteiger partial charge in [-0.25, -0.2) is 4.39 Å². The molecular formula is C15H17FO. The summed E-state index contributed by atoms with van der Waals surface area (Å²) in [4.78, 5) is 12.2. The predicted octanol–water partition coefficient (Wildman–Crippen LogP) is 4.06. The summed E-state index contributed by atoms with van der Waals surface area (Å²) in [5, 5.41) is 0. The van der Waals surface area contributed by atoms with Crippen molar-refractivity contribution in [1.82, 2.24) is 0 Å². The molecule has 0 aromatic heterocycles. The van der Waals surface area contributed by atoms with Crippen molar-refractivity contribution < 1.29 is 9.18 Å². The third-order valence-electron chi connectivity index (χ3n) is 3.33. The van der Waals surface area contributed by atoms with Crippen LogP contribution >= 0.6 is 0 Å². The first-order chi connectivity index (χ1) is 8.08. The van der Waals surface area contributed by atoms with E-state index < -0.39 is 5.82 Å². The van der Waals surface area contributed by atoms with Crippen LogP contribution in [-0.2, 0) is 0 Å². The Balaban J connectivity index is 2.28. The number of rotatable bonds is 2. The van der Waals surface area contributed by atoms with Gasteiger partial charge in [0.2, 0.25) is 0 Å². The average Bonchev–Trinajstić information content (AvgIpc) is 2.32. The molecule has 0 radical (unpaired) electrons. The van der Waals surface area contributed by atoms with Gasteiger partial charge in [0.05, 0.1) is 5.56 Å². The predicted molar refractivity (Wildman–Crippen MR) is 66.6 cm³/mol. The van der Waals surface area contributed by atoms with Gasteiger partial charge >= 0.3 is 0 Å². The first-order valence-electron chi connectivity index (χ1n) is 6.08. The molecule has 1 aromatic rings. The van der Waals surface area contributed by atoms with E-state index >= 15 is 0 Å². The maximum Gasteiger partial charge on any atom is 0.191 e. The summed E-state index contributed by atoms with van der Waals surface area (Å²) >= 11 is 0.